The molecule has 0 aliphatic heterocycles. The van der Waals surface area contributed by atoms with Crippen LogP contribution in [0.1, 0.15) is 241 Å². The number of unbranched alkanes of at least 4 members (excludes halogenated alkanes) is 26. The number of rotatable bonds is 40. The molecule has 53 heavy (non-hydrogen) atoms. The second-order valence-corrected chi connectivity index (χ2v) is 17.4. The molecule has 0 fully saturated rings. The van der Waals surface area contributed by atoms with Crippen LogP contribution in [0, 0.1) is 11.8 Å². The second kappa shape index (κ2) is 40.1. The molecule has 0 amide bonds. The molecule has 0 rings (SSSR count). The van der Waals surface area contributed by atoms with Gasteiger partial charge in [0.05, 0.1) is 19.6 Å². The van der Waals surface area contributed by atoms with E-state index in [4.69, 9.17) is 9.47 Å². The van der Waals surface area contributed by atoms with Crippen LogP contribution in [0.4, 0.5) is 0 Å². The maximum Gasteiger partial charge on any atom is 1.00 e. The van der Waals surface area contributed by atoms with Gasteiger partial charge in [-0.2, -0.15) is 8.42 Å². The van der Waals surface area contributed by atoms with Crippen LogP contribution in [0.5, 0.6) is 0 Å². The van der Waals surface area contributed by atoms with Crippen LogP contribution in [0.15, 0.2) is 0 Å². The van der Waals surface area contributed by atoms with Gasteiger partial charge in [-0.05, 0) is 24.7 Å². The molecule has 0 aromatic carbocycles. The Hall–Kier alpha value is -0.150. The fourth-order valence-electron chi connectivity index (χ4n) is 7.09. The van der Waals surface area contributed by atoms with Gasteiger partial charge in [0.2, 0.25) is 0 Å². The van der Waals surface area contributed by atoms with Crippen molar-refractivity contribution in [3.63, 3.8) is 0 Å². The summed E-state index contributed by atoms with van der Waals surface area (Å²) < 4.78 is 44.6. The molecule has 0 bridgehead atoms. The van der Waals surface area contributed by atoms with Crippen LogP contribution in [-0.4, -0.2) is 43.4 Å². The number of hydrogen-bond acceptors (Lipinski definition) is 6. The van der Waals surface area contributed by atoms with E-state index >= 15 is 0 Å². The third-order valence-corrected chi connectivity index (χ3v) is 12.1. The summed E-state index contributed by atoms with van der Waals surface area (Å²) in [5, 5.41) is -1.95. The zero-order valence-electron chi connectivity index (χ0n) is 36.8. The molecule has 9 heteroatoms. The summed E-state index contributed by atoms with van der Waals surface area (Å²) in [5.41, 5.74) is 0. The van der Waals surface area contributed by atoms with Crippen LogP contribution in [-0.2, 0) is 29.2 Å². The molecule has 0 radical (unpaired) electrons. The van der Waals surface area contributed by atoms with Gasteiger partial charge >= 0.3 is 41.5 Å². The third-order valence-electron chi connectivity index (χ3n) is 11.0. The molecule has 3 atom stereocenters. The van der Waals surface area contributed by atoms with Gasteiger partial charge < -0.3 is 10.9 Å². The van der Waals surface area contributed by atoms with E-state index in [1.165, 1.54) is 154 Å². The standard InChI is InChI=1S/C44H86O7S.Na.H/c1-5-9-11-13-15-17-19-21-23-25-27-29-31-33-35-40(7-3)38-50-43(45)37-42(52(47,48)49)44(46)51-39-41(8-4)36-34-32-30-28-26-24-22-20-18-16-14-12-10-6-2;;/h40-42H,5-39H2,1-4H3,(H,47,48,49);;/q;+1;-1. The largest absolute Gasteiger partial charge is 1.00 e. The smallest absolute Gasteiger partial charge is 1.00 e. The fourth-order valence-corrected chi connectivity index (χ4v) is 7.75. The maximum absolute atomic E-state index is 12.7. The average Bonchev–Trinajstić information content (AvgIpc) is 3.12. The first-order chi connectivity index (χ1) is 25.2. The molecule has 0 aromatic heterocycles. The van der Waals surface area contributed by atoms with Crippen molar-refractivity contribution in [1.82, 2.24) is 0 Å². The first-order valence-electron chi connectivity index (χ1n) is 22.5. The van der Waals surface area contributed by atoms with Crippen LogP contribution >= 0.6 is 0 Å². The summed E-state index contributed by atoms with van der Waals surface area (Å²) in [4.78, 5) is 25.3. The van der Waals surface area contributed by atoms with Crippen molar-refractivity contribution in [3.8, 4) is 0 Å². The van der Waals surface area contributed by atoms with Crippen molar-refractivity contribution in [2.75, 3.05) is 13.2 Å². The number of esters is 2. The van der Waals surface area contributed by atoms with E-state index in [1.54, 1.807) is 0 Å². The molecular formula is C44H87NaO7S. The monoisotopic (exact) mass is 783 g/mol. The first kappa shape index (κ1) is 54.9. The Morgan fingerprint density at radius 3 is 1.06 bits per heavy atom. The molecule has 3 unspecified atom stereocenters. The van der Waals surface area contributed by atoms with Crippen molar-refractivity contribution < 1.29 is 63.0 Å². The van der Waals surface area contributed by atoms with Gasteiger partial charge in [0, 0.05) is 0 Å². The Kier molecular flexibility index (Phi) is 41.5. The van der Waals surface area contributed by atoms with Crippen molar-refractivity contribution in [1.29, 1.82) is 0 Å². The van der Waals surface area contributed by atoms with E-state index < -0.39 is 33.7 Å². The topological polar surface area (TPSA) is 107 Å². The van der Waals surface area contributed by atoms with Gasteiger partial charge in [-0.1, -0.05) is 220 Å². The minimum Gasteiger partial charge on any atom is -1.00 e. The van der Waals surface area contributed by atoms with Gasteiger partial charge in [0.25, 0.3) is 10.1 Å². The summed E-state index contributed by atoms with van der Waals surface area (Å²) in [5.74, 6) is -1.56. The molecule has 7 nitrogen and oxygen atoms in total. The predicted molar refractivity (Wildman–Crippen MR) is 220 cm³/mol. The predicted octanol–water partition coefficient (Wildman–Crippen LogP) is 10.6. The van der Waals surface area contributed by atoms with Gasteiger partial charge in [0.1, 0.15) is 0 Å². The Bertz CT molecular complexity index is 921. The molecule has 1 N–H and O–H groups in total. The maximum atomic E-state index is 12.7. The van der Waals surface area contributed by atoms with E-state index in [-0.39, 0.29) is 56.0 Å². The molecule has 0 saturated heterocycles. The zero-order valence-corrected chi connectivity index (χ0v) is 38.6. The van der Waals surface area contributed by atoms with Crippen LogP contribution in [0.2, 0.25) is 0 Å². The van der Waals surface area contributed by atoms with Gasteiger partial charge in [-0.25, -0.2) is 0 Å². The van der Waals surface area contributed by atoms with E-state index in [2.05, 4.69) is 20.8 Å². The quantitative estimate of drug-likeness (QED) is 0.0285. The van der Waals surface area contributed by atoms with Crippen molar-refractivity contribution in [3.05, 3.63) is 0 Å². The van der Waals surface area contributed by atoms with Gasteiger partial charge in [0.15, 0.2) is 5.25 Å². The Morgan fingerprint density at radius 1 is 0.491 bits per heavy atom. The van der Waals surface area contributed by atoms with Gasteiger partial charge in [-0.15, -0.1) is 0 Å². The van der Waals surface area contributed by atoms with Gasteiger partial charge in [-0.3, -0.25) is 14.1 Å². The number of carbonyl (C=O) groups is 2. The molecule has 0 saturated carbocycles. The Labute approximate surface area is 353 Å². The third kappa shape index (κ3) is 36.0. The number of carbonyl (C=O) groups excluding carboxylic acids is 2. The zero-order chi connectivity index (χ0) is 38.5. The molecule has 0 spiro atoms. The summed E-state index contributed by atoms with van der Waals surface area (Å²) in [6, 6.07) is 0. The minimum absolute atomic E-state index is 0. The molecule has 0 aromatic rings. The van der Waals surface area contributed by atoms with Crippen LogP contribution in [0.25, 0.3) is 0 Å². The minimum atomic E-state index is -4.81. The normalized spacial score (nSPS) is 13.3. The van der Waals surface area contributed by atoms with Crippen LogP contribution in [0.3, 0.4) is 0 Å². The number of hydrogen-bond donors (Lipinski definition) is 1. The van der Waals surface area contributed by atoms with Crippen molar-refractivity contribution >= 4 is 22.1 Å². The molecule has 0 aliphatic carbocycles. The first-order valence-corrected chi connectivity index (χ1v) is 24.0. The van der Waals surface area contributed by atoms with E-state index in [1.807, 2.05) is 6.92 Å². The number of ether oxygens (including phenoxy) is 2. The average molecular weight is 783 g/mol. The fraction of sp³-hybridized carbons (Fsp3) is 0.955. The summed E-state index contributed by atoms with van der Waals surface area (Å²) in [7, 11) is -4.81. The van der Waals surface area contributed by atoms with Crippen molar-refractivity contribution in [2.24, 2.45) is 11.8 Å². The molecule has 0 heterocycles. The Balaban J connectivity index is -0.0000130. The van der Waals surface area contributed by atoms with Crippen molar-refractivity contribution in [2.45, 2.75) is 245 Å². The molecular weight excluding hydrogens is 696 g/mol. The van der Waals surface area contributed by atoms with Crippen LogP contribution < -0.4 is 29.6 Å². The second-order valence-electron chi connectivity index (χ2n) is 15.8. The van der Waals surface area contributed by atoms with E-state index in [9.17, 15) is 22.6 Å². The van der Waals surface area contributed by atoms with E-state index in [0.717, 1.165) is 51.4 Å². The summed E-state index contributed by atoms with van der Waals surface area (Å²) in [6.07, 6.45) is 39.3. The molecule has 312 valence electrons. The SMILES string of the molecule is CCCCCCCCCCCCCCCCC(CC)COC(=O)CC(C(=O)OCC(CC)CCCCCCCCCCCCCCCC)S(=O)(=O)O.[H-].[Na+]. The summed E-state index contributed by atoms with van der Waals surface area (Å²) >= 11 is 0. The Morgan fingerprint density at radius 2 is 0.774 bits per heavy atom. The molecule has 0 aliphatic rings. The summed E-state index contributed by atoms with van der Waals surface area (Å²) in [6.45, 7) is 8.89. The van der Waals surface area contributed by atoms with E-state index in [0.29, 0.717) is 0 Å².